The fourth-order valence-corrected chi connectivity index (χ4v) is 2.96. The van der Waals surface area contributed by atoms with E-state index in [-0.39, 0.29) is 5.91 Å². The summed E-state index contributed by atoms with van der Waals surface area (Å²) in [5.41, 5.74) is 0.788. The molecule has 7 nitrogen and oxygen atoms in total. The standard InChI is InChI=1S/C22H25N3O4/c1-15(29-17-8-6-5-7-9-17)22(26)24-20(21-23-10-11-25(21)2)16-12-18(27-3)14-19(13-16)28-4/h5-15,20H,1-4H3,(H,24,26)/t15-,20+/m0/s1. The summed E-state index contributed by atoms with van der Waals surface area (Å²) in [5.74, 6) is 2.30. The van der Waals surface area contributed by atoms with Gasteiger partial charge in [0.25, 0.3) is 5.91 Å². The molecule has 2 atom stereocenters. The quantitative estimate of drug-likeness (QED) is 0.634. The van der Waals surface area contributed by atoms with E-state index < -0.39 is 12.1 Å². The number of imidazole rings is 1. The first-order chi connectivity index (χ1) is 14.0. The normalized spacial score (nSPS) is 12.7. The van der Waals surface area contributed by atoms with Gasteiger partial charge in [-0.15, -0.1) is 0 Å². The predicted octanol–water partition coefficient (Wildman–Crippen LogP) is 3.11. The van der Waals surface area contributed by atoms with Gasteiger partial charge in [0.15, 0.2) is 6.10 Å². The molecule has 0 aliphatic heterocycles. The number of ether oxygens (including phenoxy) is 3. The molecule has 0 bridgehead atoms. The van der Waals surface area contributed by atoms with Gasteiger partial charge in [-0.3, -0.25) is 4.79 Å². The number of aryl methyl sites for hydroxylation is 1. The Morgan fingerprint density at radius 2 is 1.69 bits per heavy atom. The number of rotatable bonds is 8. The maximum absolute atomic E-state index is 12.9. The Balaban J connectivity index is 1.89. The van der Waals surface area contributed by atoms with E-state index in [0.717, 1.165) is 5.56 Å². The molecule has 0 aliphatic carbocycles. The molecule has 3 rings (SSSR count). The molecular formula is C22H25N3O4. The van der Waals surface area contributed by atoms with Crippen LogP contribution in [0.15, 0.2) is 60.9 Å². The van der Waals surface area contributed by atoms with Crippen molar-refractivity contribution in [2.45, 2.75) is 19.1 Å². The summed E-state index contributed by atoms with van der Waals surface area (Å²) in [6.07, 6.45) is 2.83. The Morgan fingerprint density at radius 3 is 2.24 bits per heavy atom. The number of nitrogens with zero attached hydrogens (tertiary/aromatic N) is 2. The van der Waals surface area contributed by atoms with Crippen molar-refractivity contribution in [2.75, 3.05) is 14.2 Å². The fraction of sp³-hybridized carbons (Fsp3) is 0.273. The summed E-state index contributed by atoms with van der Waals surface area (Å²) < 4.78 is 18.4. The van der Waals surface area contributed by atoms with Crippen molar-refractivity contribution in [3.05, 3.63) is 72.3 Å². The van der Waals surface area contributed by atoms with Crippen molar-refractivity contribution in [3.8, 4) is 17.2 Å². The number of methoxy groups -OCH3 is 2. The van der Waals surface area contributed by atoms with Crippen molar-refractivity contribution in [3.63, 3.8) is 0 Å². The molecule has 0 aliphatic rings. The predicted molar refractivity (Wildman–Crippen MR) is 109 cm³/mol. The third kappa shape index (κ3) is 4.87. The van der Waals surface area contributed by atoms with Crippen LogP contribution in [0.4, 0.5) is 0 Å². The first kappa shape index (κ1) is 20.3. The van der Waals surface area contributed by atoms with Gasteiger partial charge in [-0.05, 0) is 36.8 Å². The lowest BCUT2D eigenvalue weighted by Gasteiger charge is -2.23. The third-order valence-corrected chi connectivity index (χ3v) is 4.54. The van der Waals surface area contributed by atoms with Gasteiger partial charge in [0.05, 0.1) is 14.2 Å². The second-order valence-electron chi connectivity index (χ2n) is 6.56. The van der Waals surface area contributed by atoms with Gasteiger partial charge < -0.3 is 24.1 Å². The Hall–Kier alpha value is -3.48. The summed E-state index contributed by atoms with van der Waals surface area (Å²) in [6.45, 7) is 1.71. The zero-order valence-corrected chi connectivity index (χ0v) is 17.0. The van der Waals surface area contributed by atoms with Crippen molar-refractivity contribution >= 4 is 5.91 Å². The van der Waals surface area contributed by atoms with Gasteiger partial charge in [-0.25, -0.2) is 4.98 Å². The van der Waals surface area contributed by atoms with E-state index in [9.17, 15) is 4.79 Å². The largest absolute Gasteiger partial charge is 0.497 e. The molecule has 1 N–H and O–H groups in total. The number of amides is 1. The summed E-state index contributed by atoms with van der Waals surface area (Å²) in [4.78, 5) is 17.3. The number of nitrogens with one attached hydrogen (secondary N) is 1. The molecule has 3 aromatic rings. The number of aromatic nitrogens is 2. The molecule has 1 amide bonds. The molecule has 0 unspecified atom stereocenters. The average molecular weight is 395 g/mol. The molecule has 1 heterocycles. The third-order valence-electron chi connectivity index (χ3n) is 4.54. The van der Waals surface area contributed by atoms with Crippen LogP contribution in [0.1, 0.15) is 24.4 Å². The fourth-order valence-electron chi connectivity index (χ4n) is 2.96. The summed E-state index contributed by atoms with van der Waals surface area (Å²) in [7, 11) is 5.05. The lowest BCUT2D eigenvalue weighted by molar-refractivity contribution is -0.127. The summed E-state index contributed by atoms with van der Waals surface area (Å²) >= 11 is 0. The van der Waals surface area contributed by atoms with Gasteiger partial charge in [0, 0.05) is 25.5 Å². The molecule has 0 fully saturated rings. The maximum atomic E-state index is 12.9. The van der Waals surface area contributed by atoms with E-state index in [1.807, 2.05) is 60.3 Å². The van der Waals surface area contributed by atoms with E-state index in [1.165, 1.54) is 0 Å². The number of carbonyl (C=O) groups is 1. The number of hydrogen-bond donors (Lipinski definition) is 1. The average Bonchev–Trinajstić information content (AvgIpc) is 3.17. The molecule has 7 heteroatoms. The molecule has 2 aromatic carbocycles. The molecule has 0 saturated heterocycles. The van der Waals surface area contributed by atoms with Crippen LogP contribution in [0.2, 0.25) is 0 Å². The van der Waals surface area contributed by atoms with Gasteiger partial charge in [-0.1, -0.05) is 18.2 Å². The Kier molecular flexibility index (Phi) is 6.39. The Bertz CT molecular complexity index is 933. The molecule has 0 saturated carbocycles. The second kappa shape index (κ2) is 9.14. The van der Waals surface area contributed by atoms with Crippen molar-refractivity contribution < 1.29 is 19.0 Å². The minimum atomic E-state index is -0.687. The smallest absolute Gasteiger partial charge is 0.261 e. The van der Waals surface area contributed by atoms with Crippen LogP contribution in [0.25, 0.3) is 0 Å². The highest BCUT2D eigenvalue weighted by molar-refractivity contribution is 5.81. The van der Waals surface area contributed by atoms with E-state index in [1.54, 1.807) is 33.4 Å². The van der Waals surface area contributed by atoms with Gasteiger partial charge in [-0.2, -0.15) is 0 Å². The molecular weight excluding hydrogens is 370 g/mol. The SMILES string of the molecule is COc1cc(OC)cc([C@@H](NC(=O)[C@H](C)Oc2ccccc2)c2nccn2C)c1. The lowest BCUT2D eigenvalue weighted by Crippen LogP contribution is -2.39. The van der Waals surface area contributed by atoms with Crippen LogP contribution in [-0.4, -0.2) is 35.8 Å². The molecule has 0 spiro atoms. The topological polar surface area (TPSA) is 74.6 Å². The number of carbonyl (C=O) groups excluding carboxylic acids is 1. The maximum Gasteiger partial charge on any atom is 0.261 e. The van der Waals surface area contributed by atoms with Gasteiger partial charge in [0.2, 0.25) is 0 Å². The van der Waals surface area contributed by atoms with E-state index >= 15 is 0 Å². The number of benzene rings is 2. The molecule has 1 aromatic heterocycles. The van der Waals surface area contributed by atoms with Crippen LogP contribution < -0.4 is 19.5 Å². The highest BCUT2D eigenvalue weighted by atomic mass is 16.5. The highest BCUT2D eigenvalue weighted by Gasteiger charge is 2.25. The minimum Gasteiger partial charge on any atom is -0.497 e. The monoisotopic (exact) mass is 395 g/mol. The van der Waals surface area contributed by atoms with Crippen LogP contribution in [-0.2, 0) is 11.8 Å². The van der Waals surface area contributed by atoms with Crippen molar-refractivity contribution in [1.82, 2.24) is 14.9 Å². The molecule has 29 heavy (non-hydrogen) atoms. The number of para-hydroxylation sites is 1. The Labute approximate surface area is 170 Å². The number of hydrogen-bond acceptors (Lipinski definition) is 5. The van der Waals surface area contributed by atoms with Crippen LogP contribution in [0.3, 0.4) is 0 Å². The van der Waals surface area contributed by atoms with E-state index in [0.29, 0.717) is 23.1 Å². The van der Waals surface area contributed by atoms with Gasteiger partial charge in [0.1, 0.15) is 29.1 Å². The zero-order chi connectivity index (χ0) is 20.8. The zero-order valence-electron chi connectivity index (χ0n) is 17.0. The van der Waals surface area contributed by atoms with Crippen LogP contribution in [0.5, 0.6) is 17.2 Å². The van der Waals surface area contributed by atoms with Crippen molar-refractivity contribution in [1.29, 1.82) is 0 Å². The first-order valence-corrected chi connectivity index (χ1v) is 9.24. The minimum absolute atomic E-state index is 0.261. The molecule has 152 valence electrons. The van der Waals surface area contributed by atoms with Crippen molar-refractivity contribution in [2.24, 2.45) is 7.05 Å². The first-order valence-electron chi connectivity index (χ1n) is 9.24. The molecule has 0 radical (unpaired) electrons. The van der Waals surface area contributed by atoms with Crippen LogP contribution in [0, 0.1) is 0 Å². The summed E-state index contributed by atoms with van der Waals surface area (Å²) in [5, 5.41) is 3.04. The highest BCUT2D eigenvalue weighted by Crippen LogP contribution is 2.29. The lowest BCUT2D eigenvalue weighted by atomic mass is 10.0. The van der Waals surface area contributed by atoms with Gasteiger partial charge >= 0.3 is 0 Å². The second-order valence-corrected chi connectivity index (χ2v) is 6.56. The van der Waals surface area contributed by atoms with Crippen LogP contribution >= 0.6 is 0 Å². The Morgan fingerprint density at radius 1 is 1.03 bits per heavy atom. The van der Waals surface area contributed by atoms with E-state index in [4.69, 9.17) is 14.2 Å². The van der Waals surface area contributed by atoms with E-state index in [2.05, 4.69) is 10.3 Å². The summed E-state index contributed by atoms with van der Waals surface area (Å²) in [6, 6.07) is 14.2.